The van der Waals surface area contributed by atoms with Crippen molar-refractivity contribution in [2.75, 3.05) is 0 Å². The van der Waals surface area contributed by atoms with Crippen LogP contribution in [0.3, 0.4) is 0 Å². The molecule has 0 aliphatic heterocycles. The second-order valence-electron chi connectivity index (χ2n) is 4.46. The van der Waals surface area contributed by atoms with E-state index < -0.39 is 11.5 Å². The molecule has 0 radical (unpaired) electrons. The molecule has 0 spiro atoms. The number of fused-ring (bicyclic) bond motifs is 1. The molecule has 1 aliphatic rings. The SMILES string of the molecule is NC1CC1NC(=O)c1cc2ccccc2oc1=O. The van der Waals surface area contributed by atoms with Gasteiger partial charge in [-0.15, -0.1) is 0 Å². The maximum atomic E-state index is 11.9. The fourth-order valence-electron chi connectivity index (χ4n) is 1.85. The van der Waals surface area contributed by atoms with Crippen molar-refractivity contribution in [1.29, 1.82) is 0 Å². The summed E-state index contributed by atoms with van der Waals surface area (Å²) < 4.78 is 5.10. The fourth-order valence-corrected chi connectivity index (χ4v) is 1.85. The predicted octanol–water partition coefficient (Wildman–Crippen LogP) is 0.622. The third-order valence-electron chi connectivity index (χ3n) is 3.04. The Morgan fingerprint density at radius 1 is 1.39 bits per heavy atom. The van der Waals surface area contributed by atoms with Crippen LogP contribution >= 0.6 is 0 Å². The van der Waals surface area contributed by atoms with Crippen LogP contribution in [-0.2, 0) is 0 Å². The van der Waals surface area contributed by atoms with Crippen LogP contribution in [0.1, 0.15) is 16.8 Å². The van der Waals surface area contributed by atoms with E-state index in [9.17, 15) is 9.59 Å². The van der Waals surface area contributed by atoms with E-state index >= 15 is 0 Å². The predicted molar refractivity (Wildman–Crippen MR) is 66.3 cm³/mol. The summed E-state index contributed by atoms with van der Waals surface area (Å²) in [7, 11) is 0. The van der Waals surface area contributed by atoms with Crippen LogP contribution in [0.5, 0.6) is 0 Å². The Hall–Kier alpha value is -2.14. The zero-order valence-electron chi connectivity index (χ0n) is 9.55. The molecule has 18 heavy (non-hydrogen) atoms. The monoisotopic (exact) mass is 244 g/mol. The van der Waals surface area contributed by atoms with E-state index in [1.807, 2.05) is 6.07 Å². The summed E-state index contributed by atoms with van der Waals surface area (Å²) in [5.41, 5.74) is 5.48. The minimum Gasteiger partial charge on any atom is -0.422 e. The molecule has 3 rings (SSSR count). The van der Waals surface area contributed by atoms with E-state index in [2.05, 4.69) is 5.32 Å². The third kappa shape index (κ3) is 1.89. The van der Waals surface area contributed by atoms with Gasteiger partial charge in [0, 0.05) is 17.5 Å². The van der Waals surface area contributed by atoms with Crippen molar-refractivity contribution < 1.29 is 9.21 Å². The molecule has 5 nitrogen and oxygen atoms in total. The quantitative estimate of drug-likeness (QED) is 0.758. The first-order valence-corrected chi connectivity index (χ1v) is 5.74. The van der Waals surface area contributed by atoms with Gasteiger partial charge in [-0.2, -0.15) is 0 Å². The number of benzene rings is 1. The van der Waals surface area contributed by atoms with Crippen LogP contribution in [0.25, 0.3) is 11.0 Å². The van der Waals surface area contributed by atoms with Crippen molar-refractivity contribution in [2.24, 2.45) is 5.73 Å². The molecule has 1 aliphatic carbocycles. The van der Waals surface area contributed by atoms with Crippen molar-refractivity contribution in [3.8, 4) is 0 Å². The van der Waals surface area contributed by atoms with Gasteiger partial charge in [0.2, 0.25) is 0 Å². The van der Waals surface area contributed by atoms with Gasteiger partial charge in [0.05, 0.1) is 0 Å². The van der Waals surface area contributed by atoms with Gasteiger partial charge in [-0.25, -0.2) is 4.79 Å². The number of hydrogen-bond donors (Lipinski definition) is 2. The number of rotatable bonds is 2. The smallest absolute Gasteiger partial charge is 0.349 e. The summed E-state index contributed by atoms with van der Waals surface area (Å²) in [4.78, 5) is 23.6. The number of carbonyl (C=O) groups excluding carboxylic acids is 1. The van der Waals surface area contributed by atoms with E-state index in [-0.39, 0.29) is 17.6 Å². The molecular formula is C13H12N2O3. The van der Waals surface area contributed by atoms with E-state index in [4.69, 9.17) is 10.2 Å². The molecule has 3 N–H and O–H groups in total. The first kappa shape index (κ1) is 11.0. The molecule has 1 aromatic carbocycles. The van der Waals surface area contributed by atoms with E-state index in [0.29, 0.717) is 5.58 Å². The molecule has 2 aromatic rings. The maximum Gasteiger partial charge on any atom is 0.349 e. The highest BCUT2D eigenvalue weighted by Crippen LogP contribution is 2.18. The highest BCUT2D eigenvalue weighted by Gasteiger charge is 2.35. The van der Waals surface area contributed by atoms with Crippen LogP contribution < -0.4 is 16.7 Å². The van der Waals surface area contributed by atoms with Gasteiger partial charge < -0.3 is 15.5 Å². The van der Waals surface area contributed by atoms with Gasteiger partial charge in [0.15, 0.2) is 0 Å². The molecule has 2 unspecified atom stereocenters. The summed E-state index contributed by atoms with van der Waals surface area (Å²) in [6.07, 6.45) is 0.755. The number of para-hydroxylation sites is 1. The Morgan fingerprint density at radius 2 is 2.11 bits per heavy atom. The lowest BCUT2D eigenvalue weighted by molar-refractivity contribution is 0.0947. The number of amides is 1. The van der Waals surface area contributed by atoms with Crippen molar-refractivity contribution in [3.63, 3.8) is 0 Å². The highest BCUT2D eigenvalue weighted by atomic mass is 16.4. The summed E-state index contributed by atoms with van der Waals surface area (Å²) in [6.45, 7) is 0. The number of nitrogens with one attached hydrogen (secondary N) is 1. The Kier molecular flexibility index (Phi) is 2.41. The molecule has 92 valence electrons. The number of hydrogen-bond acceptors (Lipinski definition) is 4. The molecule has 1 amide bonds. The Bertz CT molecular complexity index is 677. The summed E-state index contributed by atoms with van der Waals surface area (Å²) in [5, 5.41) is 3.43. The molecule has 1 heterocycles. The van der Waals surface area contributed by atoms with Gasteiger partial charge in [0.25, 0.3) is 5.91 Å². The fraction of sp³-hybridized carbons (Fsp3) is 0.231. The third-order valence-corrected chi connectivity index (χ3v) is 3.04. The van der Waals surface area contributed by atoms with Crippen molar-refractivity contribution in [3.05, 3.63) is 46.3 Å². The van der Waals surface area contributed by atoms with Crippen LogP contribution in [0, 0.1) is 0 Å². The highest BCUT2D eigenvalue weighted by molar-refractivity contribution is 5.97. The molecular weight excluding hydrogens is 232 g/mol. The molecule has 1 saturated carbocycles. The average Bonchev–Trinajstić information content (AvgIpc) is 3.03. The normalized spacial score (nSPS) is 21.8. The first-order valence-electron chi connectivity index (χ1n) is 5.74. The van der Waals surface area contributed by atoms with E-state index in [1.54, 1.807) is 24.3 Å². The standard InChI is InChI=1S/C13H12N2O3/c14-9-6-10(9)15-12(16)8-5-7-3-1-2-4-11(7)18-13(8)17/h1-5,9-10H,6,14H2,(H,15,16). The summed E-state index contributed by atoms with van der Waals surface area (Å²) >= 11 is 0. The second kappa shape index (κ2) is 3.96. The van der Waals surface area contributed by atoms with Crippen LogP contribution in [0.2, 0.25) is 0 Å². The zero-order chi connectivity index (χ0) is 12.7. The molecule has 2 atom stereocenters. The van der Waals surface area contributed by atoms with Gasteiger partial charge in [-0.05, 0) is 18.6 Å². The summed E-state index contributed by atoms with van der Waals surface area (Å²) in [6, 6.07) is 8.59. The molecule has 1 aromatic heterocycles. The van der Waals surface area contributed by atoms with Gasteiger partial charge in [-0.1, -0.05) is 18.2 Å². The lowest BCUT2D eigenvalue weighted by Crippen LogP contribution is -2.32. The summed E-state index contributed by atoms with van der Waals surface area (Å²) in [5.74, 6) is -0.424. The first-order chi connectivity index (χ1) is 8.65. The molecule has 0 bridgehead atoms. The van der Waals surface area contributed by atoms with Crippen molar-refractivity contribution in [2.45, 2.75) is 18.5 Å². The topological polar surface area (TPSA) is 85.3 Å². The number of carbonyl (C=O) groups is 1. The minimum atomic E-state index is -0.625. The van der Waals surface area contributed by atoms with Gasteiger partial charge in [0.1, 0.15) is 11.1 Å². The maximum absolute atomic E-state index is 11.9. The molecule has 5 heteroatoms. The molecule has 0 saturated heterocycles. The van der Waals surface area contributed by atoms with Crippen LogP contribution in [0.4, 0.5) is 0 Å². The van der Waals surface area contributed by atoms with E-state index in [0.717, 1.165) is 11.8 Å². The average molecular weight is 244 g/mol. The Labute approximate surface area is 103 Å². The second-order valence-corrected chi connectivity index (χ2v) is 4.46. The van der Waals surface area contributed by atoms with Crippen LogP contribution in [-0.4, -0.2) is 18.0 Å². The zero-order valence-corrected chi connectivity index (χ0v) is 9.55. The van der Waals surface area contributed by atoms with Gasteiger partial charge in [-0.3, -0.25) is 4.79 Å². The van der Waals surface area contributed by atoms with E-state index in [1.165, 1.54) is 0 Å². The Balaban J connectivity index is 1.98. The van der Waals surface area contributed by atoms with Crippen LogP contribution in [0.15, 0.2) is 39.5 Å². The largest absolute Gasteiger partial charge is 0.422 e. The van der Waals surface area contributed by atoms with Crippen molar-refractivity contribution in [1.82, 2.24) is 5.32 Å². The lowest BCUT2D eigenvalue weighted by atomic mass is 10.2. The van der Waals surface area contributed by atoms with Crippen molar-refractivity contribution >= 4 is 16.9 Å². The number of nitrogens with two attached hydrogens (primary N) is 1. The Morgan fingerprint density at radius 3 is 2.83 bits per heavy atom. The van der Waals surface area contributed by atoms with Gasteiger partial charge >= 0.3 is 5.63 Å². The minimum absolute atomic E-state index is 0.00134. The molecule has 1 fully saturated rings. The lowest BCUT2D eigenvalue weighted by Gasteiger charge is -2.03.